The Hall–Kier alpha value is -1.15. The molecule has 3 N–H and O–H groups in total. The Bertz CT molecular complexity index is 382. The molecule has 8 heteroatoms. The van der Waals surface area contributed by atoms with Crippen LogP contribution in [-0.2, 0) is 11.8 Å². The SMILES string of the molecule is CCC(C)[C@H](N)C(=O)NCCSc1nnnn1C. The lowest BCUT2D eigenvalue weighted by atomic mass is 9.99. The summed E-state index contributed by atoms with van der Waals surface area (Å²) in [5.74, 6) is 0.814. The first-order valence-corrected chi connectivity index (χ1v) is 6.93. The predicted molar refractivity (Wildman–Crippen MR) is 70.0 cm³/mol. The molecule has 102 valence electrons. The van der Waals surface area contributed by atoms with Crippen LogP contribution in [0.2, 0.25) is 0 Å². The lowest BCUT2D eigenvalue weighted by Gasteiger charge is -2.17. The number of hydrogen-bond donors (Lipinski definition) is 2. The number of carbonyl (C=O) groups excluding carboxylic acids is 1. The second kappa shape index (κ2) is 7.32. The number of rotatable bonds is 7. The lowest BCUT2D eigenvalue weighted by molar-refractivity contribution is -0.123. The molecule has 0 aliphatic rings. The van der Waals surface area contributed by atoms with E-state index < -0.39 is 6.04 Å². The van der Waals surface area contributed by atoms with Gasteiger partial charge in [0.05, 0.1) is 6.04 Å². The number of nitrogens with zero attached hydrogens (tertiary/aromatic N) is 4. The maximum absolute atomic E-state index is 11.7. The quantitative estimate of drug-likeness (QED) is 0.526. The average Bonchev–Trinajstić information content (AvgIpc) is 2.78. The van der Waals surface area contributed by atoms with Crippen LogP contribution in [0.1, 0.15) is 20.3 Å². The number of carbonyl (C=O) groups is 1. The van der Waals surface area contributed by atoms with Crippen molar-refractivity contribution in [3.8, 4) is 0 Å². The molecule has 1 rings (SSSR count). The second-order valence-corrected chi connectivity index (χ2v) is 5.20. The minimum Gasteiger partial charge on any atom is -0.354 e. The Labute approximate surface area is 111 Å². The molecule has 7 nitrogen and oxygen atoms in total. The monoisotopic (exact) mass is 272 g/mol. The molecule has 1 unspecified atom stereocenters. The fourth-order valence-corrected chi connectivity index (χ4v) is 1.99. The normalized spacial score (nSPS) is 14.2. The number of hydrogen-bond acceptors (Lipinski definition) is 6. The molecule has 1 heterocycles. The van der Waals surface area contributed by atoms with Crippen molar-refractivity contribution >= 4 is 17.7 Å². The summed E-state index contributed by atoms with van der Waals surface area (Å²) in [6, 6.07) is -0.434. The molecule has 0 spiro atoms. The minimum atomic E-state index is -0.434. The van der Waals surface area contributed by atoms with E-state index in [0.29, 0.717) is 12.3 Å². The Balaban J connectivity index is 2.22. The molecular weight excluding hydrogens is 252 g/mol. The van der Waals surface area contributed by atoms with Gasteiger partial charge >= 0.3 is 0 Å². The van der Waals surface area contributed by atoms with E-state index in [1.807, 2.05) is 13.8 Å². The van der Waals surface area contributed by atoms with Gasteiger partial charge in [0.15, 0.2) is 0 Å². The van der Waals surface area contributed by atoms with Crippen LogP contribution in [0.3, 0.4) is 0 Å². The van der Waals surface area contributed by atoms with E-state index >= 15 is 0 Å². The van der Waals surface area contributed by atoms with Crippen LogP contribution < -0.4 is 11.1 Å². The molecule has 0 radical (unpaired) electrons. The van der Waals surface area contributed by atoms with E-state index in [1.54, 1.807) is 11.7 Å². The molecule has 0 aliphatic carbocycles. The molecular formula is C10H20N6OS. The molecule has 1 aromatic heterocycles. The number of nitrogens with two attached hydrogens (primary N) is 1. The summed E-state index contributed by atoms with van der Waals surface area (Å²) in [4.78, 5) is 11.7. The van der Waals surface area contributed by atoms with Gasteiger partial charge in [-0.25, -0.2) is 4.68 Å². The summed E-state index contributed by atoms with van der Waals surface area (Å²) in [5.41, 5.74) is 5.82. The summed E-state index contributed by atoms with van der Waals surface area (Å²) in [6.45, 7) is 4.56. The van der Waals surface area contributed by atoms with Crippen LogP contribution in [0.25, 0.3) is 0 Å². The average molecular weight is 272 g/mol. The van der Waals surface area contributed by atoms with Gasteiger partial charge < -0.3 is 11.1 Å². The zero-order chi connectivity index (χ0) is 13.5. The van der Waals surface area contributed by atoms with Crippen LogP contribution >= 0.6 is 11.8 Å². The van der Waals surface area contributed by atoms with E-state index in [4.69, 9.17) is 5.73 Å². The van der Waals surface area contributed by atoms with Crippen LogP contribution in [-0.4, -0.2) is 44.5 Å². The van der Waals surface area contributed by atoms with Crippen LogP contribution in [0, 0.1) is 5.92 Å². The van der Waals surface area contributed by atoms with Crippen molar-refractivity contribution in [1.82, 2.24) is 25.5 Å². The van der Waals surface area contributed by atoms with Gasteiger partial charge in [0.25, 0.3) is 0 Å². The van der Waals surface area contributed by atoms with Crippen molar-refractivity contribution in [3.63, 3.8) is 0 Å². The van der Waals surface area contributed by atoms with Gasteiger partial charge in [-0.05, 0) is 16.3 Å². The first-order valence-electron chi connectivity index (χ1n) is 5.94. The van der Waals surface area contributed by atoms with Gasteiger partial charge in [-0.15, -0.1) is 5.10 Å². The molecule has 0 aliphatic heterocycles. The molecule has 0 aromatic carbocycles. The molecule has 0 fully saturated rings. The molecule has 2 atom stereocenters. The van der Waals surface area contributed by atoms with Crippen molar-refractivity contribution in [2.75, 3.05) is 12.3 Å². The Morgan fingerprint density at radius 1 is 1.61 bits per heavy atom. The maximum atomic E-state index is 11.7. The van der Waals surface area contributed by atoms with Crippen LogP contribution in [0.4, 0.5) is 0 Å². The summed E-state index contributed by atoms with van der Waals surface area (Å²) in [7, 11) is 1.78. The first-order chi connectivity index (χ1) is 8.56. The van der Waals surface area contributed by atoms with Gasteiger partial charge in [0, 0.05) is 19.3 Å². The molecule has 1 aromatic rings. The number of aromatic nitrogens is 4. The summed E-state index contributed by atoms with van der Waals surface area (Å²) in [5, 5.41) is 14.6. The highest BCUT2D eigenvalue weighted by Crippen LogP contribution is 2.11. The van der Waals surface area contributed by atoms with E-state index in [-0.39, 0.29) is 11.8 Å². The fraction of sp³-hybridized carbons (Fsp3) is 0.800. The number of tetrazole rings is 1. The van der Waals surface area contributed by atoms with Gasteiger partial charge in [-0.3, -0.25) is 4.79 Å². The third-order valence-corrected chi connectivity index (χ3v) is 3.79. The highest BCUT2D eigenvalue weighted by atomic mass is 32.2. The largest absolute Gasteiger partial charge is 0.354 e. The van der Waals surface area contributed by atoms with E-state index in [2.05, 4.69) is 20.8 Å². The van der Waals surface area contributed by atoms with Gasteiger partial charge in [-0.1, -0.05) is 32.0 Å². The third kappa shape index (κ3) is 4.26. The lowest BCUT2D eigenvalue weighted by Crippen LogP contribution is -2.45. The van der Waals surface area contributed by atoms with Crippen LogP contribution in [0.5, 0.6) is 0 Å². The Kier molecular flexibility index (Phi) is 6.06. The van der Waals surface area contributed by atoms with Gasteiger partial charge in [0.1, 0.15) is 0 Å². The van der Waals surface area contributed by atoms with Gasteiger partial charge in [-0.2, -0.15) is 0 Å². The standard InChI is InChI=1S/C10H20N6OS/c1-4-7(2)8(11)9(17)12-5-6-18-10-13-14-15-16(10)3/h7-8H,4-6,11H2,1-3H3,(H,12,17)/t7?,8-/m0/s1. The molecule has 0 saturated carbocycles. The summed E-state index contributed by atoms with van der Waals surface area (Å²) < 4.78 is 1.59. The third-order valence-electron chi connectivity index (χ3n) is 2.77. The highest BCUT2D eigenvalue weighted by molar-refractivity contribution is 7.99. The first kappa shape index (κ1) is 14.9. The number of nitrogens with one attached hydrogen (secondary N) is 1. The molecule has 0 bridgehead atoms. The Morgan fingerprint density at radius 3 is 2.89 bits per heavy atom. The Morgan fingerprint density at radius 2 is 2.33 bits per heavy atom. The molecule has 0 saturated heterocycles. The fourth-order valence-electron chi connectivity index (χ4n) is 1.29. The number of thioether (sulfide) groups is 1. The smallest absolute Gasteiger partial charge is 0.237 e. The predicted octanol–water partition coefficient (Wildman–Crippen LogP) is -0.208. The summed E-state index contributed by atoms with van der Waals surface area (Å²) in [6.07, 6.45) is 0.897. The van der Waals surface area contributed by atoms with Crippen molar-refractivity contribution < 1.29 is 4.79 Å². The van der Waals surface area contributed by atoms with Crippen molar-refractivity contribution in [2.45, 2.75) is 31.5 Å². The summed E-state index contributed by atoms with van der Waals surface area (Å²) >= 11 is 1.49. The highest BCUT2D eigenvalue weighted by Gasteiger charge is 2.18. The zero-order valence-electron chi connectivity index (χ0n) is 11.0. The van der Waals surface area contributed by atoms with Crippen molar-refractivity contribution in [2.24, 2.45) is 18.7 Å². The van der Waals surface area contributed by atoms with E-state index in [1.165, 1.54) is 11.8 Å². The zero-order valence-corrected chi connectivity index (χ0v) is 11.8. The van der Waals surface area contributed by atoms with Crippen LogP contribution in [0.15, 0.2) is 5.16 Å². The molecule has 18 heavy (non-hydrogen) atoms. The molecule has 1 amide bonds. The van der Waals surface area contributed by atoms with E-state index in [0.717, 1.165) is 11.6 Å². The van der Waals surface area contributed by atoms with Gasteiger partial charge in [0.2, 0.25) is 11.1 Å². The maximum Gasteiger partial charge on any atom is 0.237 e. The van der Waals surface area contributed by atoms with Crippen molar-refractivity contribution in [1.29, 1.82) is 0 Å². The number of amides is 1. The van der Waals surface area contributed by atoms with Crippen molar-refractivity contribution in [3.05, 3.63) is 0 Å². The minimum absolute atomic E-state index is 0.0963. The topological polar surface area (TPSA) is 98.7 Å². The van der Waals surface area contributed by atoms with E-state index in [9.17, 15) is 4.79 Å². The number of aryl methyl sites for hydroxylation is 1. The second-order valence-electron chi connectivity index (χ2n) is 4.14.